The lowest BCUT2D eigenvalue weighted by Gasteiger charge is -2.38. The van der Waals surface area contributed by atoms with Crippen molar-refractivity contribution in [2.75, 3.05) is 26.4 Å². The number of benzene rings is 2. The number of fused-ring (bicyclic) bond motifs is 1. The molecule has 1 aliphatic heterocycles. The minimum absolute atomic E-state index is 0.118. The summed E-state index contributed by atoms with van der Waals surface area (Å²) in [5.41, 5.74) is 4.03. The van der Waals surface area contributed by atoms with Crippen molar-refractivity contribution in [3.05, 3.63) is 78.0 Å². The van der Waals surface area contributed by atoms with E-state index in [0.29, 0.717) is 38.5 Å². The molecule has 3 heterocycles. The van der Waals surface area contributed by atoms with E-state index in [1.807, 2.05) is 67.1 Å². The number of carbonyl (C=O) groups is 1. The molecule has 1 aliphatic rings. The van der Waals surface area contributed by atoms with E-state index in [-0.39, 0.29) is 11.3 Å². The Labute approximate surface area is 211 Å². The summed E-state index contributed by atoms with van der Waals surface area (Å²) in [5.74, 6) is 0.736. The number of carbonyl (C=O) groups excluding carboxylic acids is 1. The van der Waals surface area contributed by atoms with Gasteiger partial charge in [0, 0.05) is 37.3 Å². The number of nitrogens with zero attached hydrogens (tertiary/aromatic N) is 3. The van der Waals surface area contributed by atoms with Gasteiger partial charge in [0.2, 0.25) is 0 Å². The second-order valence-electron chi connectivity index (χ2n) is 9.15. The topological polar surface area (TPSA) is 78.3 Å². The lowest BCUT2D eigenvalue weighted by atomic mass is 9.74. The molecule has 0 unspecified atom stereocenters. The van der Waals surface area contributed by atoms with E-state index in [1.54, 1.807) is 6.20 Å². The first-order valence-corrected chi connectivity index (χ1v) is 12.6. The van der Waals surface area contributed by atoms with E-state index >= 15 is 0 Å². The summed E-state index contributed by atoms with van der Waals surface area (Å²) in [4.78, 5) is 18.5. The monoisotopic (exact) mass is 484 g/mol. The lowest BCUT2D eigenvalue weighted by Crippen LogP contribution is -2.44. The van der Waals surface area contributed by atoms with E-state index < -0.39 is 0 Å². The van der Waals surface area contributed by atoms with Crippen LogP contribution in [0.5, 0.6) is 5.75 Å². The number of nitrogens with one attached hydrogen (secondary N) is 1. The maximum Gasteiger partial charge on any atom is 0.252 e. The molecule has 1 fully saturated rings. The standard InChI is InChI=1S/C29H32N4O3/c1-3-33-27-25(19-31-33)24(18-26(32-27)21-8-6-5-7-9-21)28(34)30-20-29(14-16-35-17-15-29)22-10-12-23(13-11-22)36-4-2/h5-13,18-19H,3-4,14-17,20H2,1-2H3,(H,30,34). The van der Waals surface area contributed by atoms with Crippen molar-refractivity contribution in [2.45, 2.75) is 38.6 Å². The van der Waals surface area contributed by atoms with Gasteiger partial charge in [0.05, 0.1) is 29.4 Å². The predicted molar refractivity (Wildman–Crippen MR) is 140 cm³/mol. The van der Waals surface area contributed by atoms with Crippen LogP contribution in [0.2, 0.25) is 0 Å². The largest absolute Gasteiger partial charge is 0.494 e. The van der Waals surface area contributed by atoms with Crippen LogP contribution in [0.1, 0.15) is 42.6 Å². The van der Waals surface area contributed by atoms with Crippen LogP contribution in [0.15, 0.2) is 66.9 Å². The molecule has 0 saturated carbocycles. The molecule has 7 heteroatoms. The van der Waals surface area contributed by atoms with Crippen molar-refractivity contribution in [2.24, 2.45) is 0 Å². The van der Waals surface area contributed by atoms with Gasteiger partial charge in [-0.3, -0.25) is 4.79 Å². The zero-order valence-corrected chi connectivity index (χ0v) is 20.9. The molecule has 0 bridgehead atoms. The molecule has 1 saturated heterocycles. The molecule has 1 N–H and O–H groups in total. The normalized spacial score (nSPS) is 15.1. The molecule has 5 rings (SSSR count). The van der Waals surface area contributed by atoms with Gasteiger partial charge < -0.3 is 14.8 Å². The number of pyridine rings is 1. The van der Waals surface area contributed by atoms with Crippen molar-refractivity contribution < 1.29 is 14.3 Å². The van der Waals surface area contributed by atoms with Crippen molar-refractivity contribution in [1.82, 2.24) is 20.1 Å². The van der Waals surface area contributed by atoms with Crippen LogP contribution >= 0.6 is 0 Å². The summed E-state index contributed by atoms with van der Waals surface area (Å²) >= 11 is 0. The predicted octanol–water partition coefficient (Wildman–Crippen LogP) is 5.00. The molecule has 0 aliphatic carbocycles. The molecule has 186 valence electrons. The Morgan fingerprint density at radius 3 is 2.53 bits per heavy atom. The average Bonchev–Trinajstić information content (AvgIpc) is 3.36. The molecule has 0 radical (unpaired) electrons. The highest BCUT2D eigenvalue weighted by Gasteiger charge is 2.35. The number of aryl methyl sites for hydroxylation is 1. The third kappa shape index (κ3) is 4.71. The zero-order valence-electron chi connectivity index (χ0n) is 20.9. The highest BCUT2D eigenvalue weighted by atomic mass is 16.5. The highest BCUT2D eigenvalue weighted by Crippen LogP contribution is 2.35. The maximum absolute atomic E-state index is 13.7. The lowest BCUT2D eigenvalue weighted by molar-refractivity contribution is 0.0487. The fraction of sp³-hybridized carbons (Fsp3) is 0.345. The van der Waals surface area contributed by atoms with Gasteiger partial charge in [0.15, 0.2) is 5.65 Å². The van der Waals surface area contributed by atoms with E-state index in [2.05, 4.69) is 22.5 Å². The van der Waals surface area contributed by atoms with Gasteiger partial charge in [-0.1, -0.05) is 42.5 Å². The SMILES string of the molecule is CCOc1ccc(C2(CNC(=O)c3cc(-c4ccccc4)nc4c3cnn4CC)CCOCC2)cc1. The number of aromatic nitrogens is 3. The van der Waals surface area contributed by atoms with E-state index in [4.69, 9.17) is 14.5 Å². The van der Waals surface area contributed by atoms with Gasteiger partial charge in [-0.15, -0.1) is 0 Å². The van der Waals surface area contributed by atoms with Gasteiger partial charge in [-0.2, -0.15) is 5.10 Å². The molecule has 2 aromatic heterocycles. The Kier molecular flexibility index (Phi) is 7.00. The van der Waals surface area contributed by atoms with Crippen LogP contribution in [-0.4, -0.2) is 47.0 Å². The summed E-state index contributed by atoms with van der Waals surface area (Å²) < 4.78 is 13.1. The molecule has 0 atom stereocenters. The Hall–Kier alpha value is -3.71. The third-order valence-electron chi connectivity index (χ3n) is 7.04. The van der Waals surface area contributed by atoms with Crippen LogP contribution in [0.3, 0.4) is 0 Å². The minimum Gasteiger partial charge on any atom is -0.494 e. The molecule has 1 amide bonds. The van der Waals surface area contributed by atoms with Gasteiger partial charge in [0.25, 0.3) is 5.91 Å². The second-order valence-corrected chi connectivity index (χ2v) is 9.15. The first kappa shape index (κ1) is 24.0. The number of amides is 1. The number of hydrogen-bond acceptors (Lipinski definition) is 5. The Balaban J connectivity index is 1.46. The fourth-order valence-corrected chi connectivity index (χ4v) is 4.97. The molecular formula is C29H32N4O3. The molecule has 36 heavy (non-hydrogen) atoms. The van der Waals surface area contributed by atoms with E-state index in [0.717, 1.165) is 40.9 Å². The van der Waals surface area contributed by atoms with Crippen LogP contribution in [0, 0.1) is 0 Å². The summed E-state index contributed by atoms with van der Waals surface area (Å²) in [5, 5.41) is 8.49. The van der Waals surface area contributed by atoms with Crippen molar-refractivity contribution >= 4 is 16.9 Å². The molecule has 7 nitrogen and oxygen atoms in total. The first-order valence-electron chi connectivity index (χ1n) is 12.6. The van der Waals surface area contributed by atoms with Crippen molar-refractivity contribution in [1.29, 1.82) is 0 Å². The van der Waals surface area contributed by atoms with Crippen LogP contribution in [-0.2, 0) is 16.7 Å². The van der Waals surface area contributed by atoms with E-state index in [1.165, 1.54) is 5.56 Å². The summed E-state index contributed by atoms with van der Waals surface area (Å²) in [6.07, 6.45) is 3.43. The summed E-state index contributed by atoms with van der Waals surface area (Å²) in [6, 6.07) is 20.1. The second kappa shape index (κ2) is 10.5. The molecule has 2 aromatic carbocycles. The number of hydrogen-bond donors (Lipinski definition) is 1. The van der Waals surface area contributed by atoms with Gasteiger partial charge >= 0.3 is 0 Å². The Bertz CT molecular complexity index is 1330. The smallest absolute Gasteiger partial charge is 0.252 e. The van der Waals surface area contributed by atoms with Crippen molar-refractivity contribution in [3.8, 4) is 17.0 Å². The Morgan fingerprint density at radius 1 is 1.08 bits per heavy atom. The van der Waals surface area contributed by atoms with Gasteiger partial charge in [-0.25, -0.2) is 9.67 Å². The average molecular weight is 485 g/mol. The number of ether oxygens (including phenoxy) is 2. The fourth-order valence-electron chi connectivity index (χ4n) is 4.97. The first-order chi connectivity index (χ1) is 17.6. The highest BCUT2D eigenvalue weighted by molar-refractivity contribution is 6.06. The maximum atomic E-state index is 13.7. The molecule has 0 spiro atoms. The zero-order chi connectivity index (χ0) is 25.0. The quantitative estimate of drug-likeness (QED) is 0.381. The van der Waals surface area contributed by atoms with Crippen LogP contribution < -0.4 is 10.1 Å². The third-order valence-corrected chi connectivity index (χ3v) is 7.04. The van der Waals surface area contributed by atoms with Crippen LogP contribution in [0.25, 0.3) is 22.3 Å². The summed E-state index contributed by atoms with van der Waals surface area (Å²) in [6.45, 7) is 7.18. The summed E-state index contributed by atoms with van der Waals surface area (Å²) in [7, 11) is 0. The van der Waals surface area contributed by atoms with Gasteiger partial charge in [0.1, 0.15) is 5.75 Å². The Morgan fingerprint density at radius 2 is 1.83 bits per heavy atom. The van der Waals surface area contributed by atoms with Crippen molar-refractivity contribution in [3.63, 3.8) is 0 Å². The number of rotatable bonds is 8. The molecular weight excluding hydrogens is 452 g/mol. The minimum atomic E-state index is -0.194. The molecule has 4 aromatic rings. The van der Waals surface area contributed by atoms with Gasteiger partial charge in [-0.05, 0) is 50.5 Å². The van der Waals surface area contributed by atoms with E-state index in [9.17, 15) is 4.79 Å². The van der Waals surface area contributed by atoms with Crippen LogP contribution in [0.4, 0.5) is 0 Å².